The maximum atomic E-state index is 14.6. The normalized spacial score (nSPS) is 12.2. The van der Waals surface area contributed by atoms with Gasteiger partial charge in [-0.05, 0) is 79.9 Å². The molecule has 5 heteroatoms. The van der Waals surface area contributed by atoms with Crippen LogP contribution in [-0.2, 0) is 4.79 Å². The zero-order valence-electron chi connectivity index (χ0n) is 14.3. The Balaban J connectivity index is 2.64. The molecule has 0 fully saturated rings. The van der Waals surface area contributed by atoms with Gasteiger partial charge in [0, 0.05) is 11.6 Å². The summed E-state index contributed by atoms with van der Waals surface area (Å²) in [4.78, 5) is 11.0. The van der Waals surface area contributed by atoms with Crippen LogP contribution in [0.4, 0.5) is 4.39 Å². The average molecular weight is 331 g/mol. The summed E-state index contributed by atoms with van der Waals surface area (Å²) in [6.07, 6.45) is -0.205. The van der Waals surface area contributed by atoms with E-state index in [-0.39, 0.29) is 12.2 Å². The molecule has 0 aliphatic heterocycles. The third-order valence-corrected chi connectivity index (χ3v) is 4.19. The van der Waals surface area contributed by atoms with Crippen molar-refractivity contribution in [3.63, 3.8) is 0 Å². The number of nitrogens with one attached hydrogen (secondary N) is 1. The van der Waals surface area contributed by atoms with Crippen molar-refractivity contribution < 1.29 is 19.4 Å². The van der Waals surface area contributed by atoms with Crippen LogP contribution in [0, 0.1) is 26.6 Å². The van der Waals surface area contributed by atoms with Crippen molar-refractivity contribution in [2.24, 2.45) is 0 Å². The molecule has 0 saturated carbocycles. The van der Waals surface area contributed by atoms with Crippen molar-refractivity contribution in [2.75, 3.05) is 7.05 Å². The molecule has 0 aliphatic carbocycles. The van der Waals surface area contributed by atoms with E-state index in [0.29, 0.717) is 11.1 Å². The van der Waals surface area contributed by atoms with E-state index in [1.54, 1.807) is 38.2 Å². The van der Waals surface area contributed by atoms with E-state index in [0.717, 1.165) is 22.3 Å². The lowest BCUT2D eigenvalue weighted by Crippen LogP contribution is -2.21. The molecule has 0 amide bonds. The molecule has 0 saturated heterocycles. The molecule has 128 valence electrons. The van der Waals surface area contributed by atoms with E-state index in [2.05, 4.69) is 5.32 Å². The minimum Gasteiger partial charge on any atom is -0.508 e. The van der Waals surface area contributed by atoms with Gasteiger partial charge in [-0.15, -0.1) is 0 Å². The minimum absolute atomic E-state index is 0.187. The molecule has 2 aromatic carbocycles. The van der Waals surface area contributed by atoms with Gasteiger partial charge in [-0.25, -0.2) is 4.39 Å². The number of aryl methyl sites for hydroxylation is 3. The van der Waals surface area contributed by atoms with Crippen molar-refractivity contribution in [1.29, 1.82) is 0 Å². The van der Waals surface area contributed by atoms with E-state index in [1.165, 1.54) is 0 Å². The van der Waals surface area contributed by atoms with Gasteiger partial charge in [-0.2, -0.15) is 0 Å². The van der Waals surface area contributed by atoms with Gasteiger partial charge < -0.3 is 15.5 Å². The van der Waals surface area contributed by atoms with Crippen LogP contribution in [0.15, 0.2) is 24.3 Å². The summed E-state index contributed by atoms with van der Waals surface area (Å²) in [5, 5.41) is 21.6. The summed E-state index contributed by atoms with van der Waals surface area (Å²) in [6.45, 7) is 5.43. The van der Waals surface area contributed by atoms with Gasteiger partial charge in [0.05, 0.1) is 6.42 Å². The summed E-state index contributed by atoms with van der Waals surface area (Å²) in [7, 11) is 1.62. The molecule has 0 spiro atoms. The maximum Gasteiger partial charge on any atom is 0.305 e. The SMILES string of the molecule is CN[C@@H](CC(=O)O)c1cc(-c2c(C)cc(O)cc2C)cc(C)c1F. The molecule has 0 unspecified atom stereocenters. The number of hydrogen-bond acceptors (Lipinski definition) is 3. The Morgan fingerprint density at radius 3 is 2.21 bits per heavy atom. The predicted molar refractivity (Wildman–Crippen MR) is 91.8 cm³/mol. The number of carbonyl (C=O) groups is 1. The van der Waals surface area contributed by atoms with Crippen LogP contribution in [0.3, 0.4) is 0 Å². The number of hydrogen-bond donors (Lipinski definition) is 3. The summed E-state index contributed by atoms with van der Waals surface area (Å²) in [5.41, 5.74) is 4.28. The average Bonchev–Trinajstić information content (AvgIpc) is 2.47. The Bertz CT molecular complexity index is 763. The van der Waals surface area contributed by atoms with Crippen LogP contribution in [0.25, 0.3) is 11.1 Å². The Morgan fingerprint density at radius 1 is 1.12 bits per heavy atom. The summed E-state index contributed by atoms with van der Waals surface area (Å²) in [6, 6.07) is 6.15. The van der Waals surface area contributed by atoms with E-state index in [9.17, 15) is 14.3 Å². The minimum atomic E-state index is -0.992. The molecule has 0 bridgehead atoms. The van der Waals surface area contributed by atoms with Gasteiger partial charge in [-0.3, -0.25) is 4.79 Å². The molecule has 0 aromatic heterocycles. The van der Waals surface area contributed by atoms with E-state index >= 15 is 0 Å². The zero-order valence-corrected chi connectivity index (χ0v) is 14.3. The van der Waals surface area contributed by atoms with Crippen molar-refractivity contribution in [1.82, 2.24) is 5.32 Å². The number of halogens is 1. The van der Waals surface area contributed by atoms with Gasteiger partial charge in [-0.1, -0.05) is 0 Å². The van der Waals surface area contributed by atoms with Gasteiger partial charge in [0.2, 0.25) is 0 Å². The molecular formula is C19H22FNO3. The first kappa shape index (κ1) is 17.9. The summed E-state index contributed by atoms with van der Waals surface area (Å²) < 4.78 is 14.6. The smallest absolute Gasteiger partial charge is 0.305 e. The Kier molecular flexibility index (Phi) is 5.24. The highest BCUT2D eigenvalue weighted by Crippen LogP contribution is 2.34. The number of phenols is 1. The van der Waals surface area contributed by atoms with Crippen molar-refractivity contribution in [3.8, 4) is 16.9 Å². The third-order valence-electron chi connectivity index (χ3n) is 4.19. The Hall–Kier alpha value is -2.40. The molecule has 0 heterocycles. The molecule has 2 rings (SSSR count). The predicted octanol–water partition coefficient (Wildman–Crippen LogP) is 3.86. The van der Waals surface area contributed by atoms with Crippen LogP contribution < -0.4 is 5.32 Å². The topological polar surface area (TPSA) is 69.6 Å². The van der Waals surface area contributed by atoms with E-state index in [4.69, 9.17) is 5.11 Å². The number of phenolic OH excluding ortho intramolecular Hbond substituents is 1. The fourth-order valence-electron chi connectivity index (χ4n) is 3.13. The van der Waals surface area contributed by atoms with Crippen molar-refractivity contribution in [2.45, 2.75) is 33.2 Å². The number of carboxylic acid groups (broad SMARTS) is 1. The molecule has 4 nitrogen and oxygen atoms in total. The maximum absolute atomic E-state index is 14.6. The first-order valence-electron chi connectivity index (χ1n) is 7.74. The first-order chi connectivity index (χ1) is 11.2. The number of aliphatic carboxylic acids is 1. The second kappa shape index (κ2) is 7.01. The molecule has 1 atom stereocenters. The van der Waals surface area contributed by atoms with E-state index < -0.39 is 17.8 Å². The first-order valence-corrected chi connectivity index (χ1v) is 7.74. The molecule has 0 radical (unpaired) electrons. The van der Waals surface area contributed by atoms with Gasteiger partial charge >= 0.3 is 5.97 Å². The Morgan fingerprint density at radius 2 is 1.71 bits per heavy atom. The van der Waals surface area contributed by atoms with Crippen LogP contribution in [-0.4, -0.2) is 23.2 Å². The number of carboxylic acids is 1. The van der Waals surface area contributed by atoms with Gasteiger partial charge in [0.25, 0.3) is 0 Å². The van der Waals surface area contributed by atoms with Crippen LogP contribution in [0.1, 0.15) is 34.7 Å². The second-order valence-corrected chi connectivity index (χ2v) is 6.09. The largest absolute Gasteiger partial charge is 0.508 e. The van der Waals surface area contributed by atoms with Gasteiger partial charge in [0.15, 0.2) is 0 Å². The fraction of sp³-hybridized carbons (Fsp3) is 0.316. The molecule has 2 aromatic rings. The lowest BCUT2D eigenvalue weighted by molar-refractivity contribution is -0.137. The standard InChI is InChI=1S/C19H22FNO3/c1-10-6-14(22)7-11(2)18(10)13-5-12(3)19(20)15(8-13)16(21-4)9-17(23)24/h5-8,16,21-22H,9H2,1-4H3,(H,23,24)/t16-/m0/s1. The lowest BCUT2D eigenvalue weighted by Gasteiger charge is -2.19. The van der Waals surface area contributed by atoms with Crippen LogP contribution >= 0.6 is 0 Å². The summed E-state index contributed by atoms with van der Waals surface area (Å²) >= 11 is 0. The quantitative estimate of drug-likeness (QED) is 0.778. The highest BCUT2D eigenvalue weighted by molar-refractivity contribution is 5.74. The third kappa shape index (κ3) is 3.57. The zero-order chi connectivity index (χ0) is 18.0. The van der Waals surface area contributed by atoms with E-state index in [1.807, 2.05) is 13.8 Å². The van der Waals surface area contributed by atoms with Crippen molar-refractivity contribution >= 4 is 5.97 Å². The van der Waals surface area contributed by atoms with Gasteiger partial charge in [0.1, 0.15) is 11.6 Å². The number of rotatable bonds is 5. The second-order valence-electron chi connectivity index (χ2n) is 6.09. The van der Waals surface area contributed by atoms with Crippen molar-refractivity contribution in [3.05, 3.63) is 52.3 Å². The summed E-state index contributed by atoms with van der Waals surface area (Å²) in [5.74, 6) is -1.20. The van der Waals surface area contributed by atoms with Crippen LogP contribution in [0.2, 0.25) is 0 Å². The Labute approximate surface area is 141 Å². The monoisotopic (exact) mass is 331 g/mol. The highest BCUT2D eigenvalue weighted by Gasteiger charge is 2.21. The lowest BCUT2D eigenvalue weighted by atomic mass is 9.90. The fourth-order valence-corrected chi connectivity index (χ4v) is 3.13. The molecular weight excluding hydrogens is 309 g/mol. The molecule has 3 N–H and O–H groups in total. The highest BCUT2D eigenvalue weighted by atomic mass is 19.1. The number of aromatic hydroxyl groups is 1. The van der Waals surface area contributed by atoms with Crippen LogP contribution in [0.5, 0.6) is 5.75 Å². The number of benzene rings is 2. The molecule has 24 heavy (non-hydrogen) atoms. The molecule has 0 aliphatic rings.